The first-order valence-corrected chi connectivity index (χ1v) is 3.89. The molecule has 1 rings (SSSR count). The molecule has 1 heterocycles. The van der Waals surface area contributed by atoms with Gasteiger partial charge in [0.2, 0.25) is 0 Å². The summed E-state index contributed by atoms with van der Waals surface area (Å²) < 4.78 is 0. The third-order valence-corrected chi connectivity index (χ3v) is 1.39. The summed E-state index contributed by atoms with van der Waals surface area (Å²) in [7, 11) is 0. The van der Waals surface area contributed by atoms with E-state index in [1.165, 1.54) is 6.33 Å². The molecule has 14 heavy (non-hydrogen) atoms. The standard InChI is InChI=1S/C7H10N4O3/c12-6(13)3-10-7(14)9-2-5-1-8-4-11-5/h1,4H,2-3H2,(H,8,11)(H,12,13)(H2,9,10,14). The van der Waals surface area contributed by atoms with Crippen LogP contribution >= 0.6 is 0 Å². The molecular formula is C7H10N4O3. The van der Waals surface area contributed by atoms with Gasteiger partial charge >= 0.3 is 12.0 Å². The number of aromatic amines is 1. The van der Waals surface area contributed by atoms with Crippen molar-refractivity contribution < 1.29 is 14.7 Å². The van der Waals surface area contributed by atoms with Gasteiger partial charge in [-0.15, -0.1) is 0 Å². The zero-order chi connectivity index (χ0) is 10.4. The Hall–Kier alpha value is -2.05. The number of carbonyl (C=O) groups excluding carboxylic acids is 1. The van der Waals surface area contributed by atoms with E-state index in [0.29, 0.717) is 0 Å². The Bertz CT molecular complexity index is 309. The van der Waals surface area contributed by atoms with Gasteiger partial charge in [-0.1, -0.05) is 0 Å². The fraction of sp³-hybridized carbons (Fsp3) is 0.286. The van der Waals surface area contributed by atoms with Gasteiger partial charge < -0.3 is 20.7 Å². The molecule has 0 saturated heterocycles. The van der Waals surface area contributed by atoms with Crippen LogP contribution in [0.2, 0.25) is 0 Å². The average Bonchev–Trinajstić information content (AvgIpc) is 2.63. The second kappa shape index (κ2) is 4.85. The van der Waals surface area contributed by atoms with Crippen molar-refractivity contribution >= 4 is 12.0 Å². The predicted octanol–water partition coefficient (Wildman–Crippen LogP) is -0.707. The molecule has 7 heteroatoms. The number of aromatic nitrogens is 2. The van der Waals surface area contributed by atoms with Crippen LogP contribution in [0.25, 0.3) is 0 Å². The van der Waals surface area contributed by atoms with Gasteiger partial charge in [-0.2, -0.15) is 0 Å². The van der Waals surface area contributed by atoms with E-state index in [-0.39, 0.29) is 6.54 Å². The highest BCUT2D eigenvalue weighted by atomic mass is 16.4. The quantitative estimate of drug-likeness (QED) is 0.512. The number of hydrogen-bond donors (Lipinski definition) is 4. The monoisotopic (exact) mass is 198 g/mol. The lowest BCUT2D eigenvalue weighted by Crippen LogP contribution is -2.38. The maximum Gasteiger partial charge on any atom is 0.323 e. The van der Waals surface area contributed by atoms with Crippen molar-refractivity contribution in [1.82, 2.24) is 20.6 Å². The van der Waals surface area contributed by atoms with E-state index in [9.17, 15) is 9.59 Å². The molecule has 0 bridgehead atoms. The van der Waals surface area contributed by atoms with E-state index in [4.69, 9.17) is 5.11 Å². The highest BCUT2D eigenvalue weighted by Gasteiger charge is 2.02. The lowest BCUT2D eigenvalue weighted by molar-refractivity contribution is -0.135. The fourth-order valence-corrected chi connectivity index (χ4v) is 0.775. The van der Waals surface area contributed by atoms with Crippen molar-refractivity contribution in [3.8, 4) is 0 Å². The second-order valence-corrected chi connectivity index (χ2v) is 2.51. The molecule has 0 unspecified atom stereocenters. The van der Waals surface area contributed by atoms with Crippen LogP contribution in [0.4, 0.5) is 4.79 Å². The Balaban J connectivity index is 2.18. The summed E-state index contributed by atoms with van der Waals surface area (Å²) in [5.74, 6) is -1.08. The van der Waals surface area contributed by atoms with Gasteiger partial charge in [0, 0.05) is 6.20 Å². The number of nitrogens with zero attached hydrogens (tertiary/aromatic N) is 1. The van der Waals surface area contributed by atoms with Gasteiger partial charge in [-0.3, -0.25) is 4.79 Å². The van der Waals surface area contributed by atoms with E-state index < -0.39 is 18.5 Å². The summed E-state index contributed by atoms with van der Waals surface area (Å²) in [4.78, 5) is 27.5. The van der Waals surface area contributed by atoms with E-state index in [1.54, 1.807) is 6.20 Å². The summed E-state index contributed by atoms with van der Waals surface area (Å²) in [6, 6.07) is -0.526. The second-order valence-electron chi connectivity index (χ2n) is 2.51. The molecule has 0 aliphatic carbocycles. The van der Waals surface area contributed by atoms with Gasteiger partial charge in [0.15, 0.2) is 0 Å². The number of amides is 2. The number of carboxylic acid groups (broad SMARTS) is 1. The molecule has 4 N–H and O–H groups in total. The van der Waals surface area contributed by atoms with Crippen LogP contribution in [0, 0.1) is 0 Å². The molecule has 0 fully saturated rings. The smallest absolute Gasteiger partial charge is 0.323 e. The van der Waals surface area contributed by atoms with Crippen LogP contribution in [0.15, 0.2) is 12.5 Å². The molecule has 0 aliphatic heterocycles. The minimum atomic E-state index is -1.08. The first kappa shape index (κ1) is 10.0. The van der Waals surface area contributed by atoms with Gasteiger partial charge in [-0.05, 0) is 0 Å². The molecule has 0 aromatic carbocycles. The van der Waals surface area contributed by atoms with E-state index in [2.05, 4.69) is 20.6 Å². The van der Waals surface area contributed by atoms with E-state index in [1.807, 2.05) is 0 Å². The Morgan fingerprint density at radius 3 is 2.86 bits per heavy atom. The van der Waals surface area contributed by atoms with E-state index in [0.717, 1.165) is 5.69 Å². The normalized spacial score (nSPS) is 9.43. The predicted molar refractivity (Wildman–Crippen MR) is 46.5 cm³/mol. The van der Waals surface area contributed by atoms with Gasteiger partial charge in [0.25, 0.3) is 0 Å². The molecule has 2 amide bonds. The molecule has 1 aromatic rings. The highest BCUT2D eigenvalue weighted by Crippen LogP contribution is 1.88. The van der Waals surface area contributed by atoms with Crippen LogP contribution in [0.5, 0.6) is 0 Å². The molecule has 7 nitrogen and oxygen atoms in total. The van der Waals surface area contributed by atoms with Crippen LogP contribution in [-0.4, -0.2) is 33.6 Å². The summed E-state index contributed by atoms with van der Waals surface area (Å²) >= 11 is 0. The summed E-state index contributed by atoms with van der Waals surface area (Å²) in [6.07, 6.45) is 3.06. The number of hydrogen-bond acceptors (Lipinski definition) is 3. The van der Waals surface area contributed by atoms with Crippen LogP contribution < -0.4 is 10.6 Å². The van der Waals surface area contributed by atoms with Crippen molar-refractivity contribution in [2.24, 2.45) is 0 Å². The van der Waals surface area contributed by atoms with Crippen molar-refractivity contribution in [1.29, 1.82) is 0 Å². The lowest BCUT2D eigenvalue weighted by atomic mass is 10.5. The summed E-state index contributed by atoms with van der Waals surface area (Å²) in [5.41, 5.74) is 0.746. The minimum absolute atomic E-state index is 0.283. The number of urea groups is 1. The SMILES string of the molecule is O=C(O)CNC(=O)NCc1cnc[nH]1. The van der Waals surface area contributed by atoms with Gasteiger partial charge in [0.05, 0.1) is 18.6 Å². The molecule has 0 spiro atoms. The third-order valence-electron chi connectivity index (χ3n) is 1.39. The lowest BCUT2D eigenvalue weighted by Gasteiger charge is -2.03. The molecule has 1 aromatic heterocycles. The molecule has 0 aliphatic rings. The summed E-state index contributed by atoms with van der Waals surface area (Å²) in [5, 5.41) is 12.9. The van der Waals surface area contributed by atoms with Gasteiger partial charge in [0.1, 0.15) is 6.54 Å². The number of imidazole rings is 1. The first-order chi connectivity index (χ1) is 6.68. The van der Waals surface area contributed by atoms with Crippen LogP contribution in [0.3, 0.4) is 0 Å². The Morgan fingerprint density at radius 2 is 2.29 bits per heavy atom. The highest BCUT2D eigenvalue weighted by molar-refractivity contribution is 5.79. The van der Waals surface area contributed by atoms with Crippen molar-refractivity contribution in [3.05, 3.63) is 18.2 Å². The largest absolute Gasteiger partial charge is 0.480 e. The number of aliphatic carboxylic acids is 1. The van der Waals surface area contributed by atoms with Crippen LogP contribution in [0.1, 0.15) is 5.69 Å². The zero-order valence-electron chi connectivity index (χ0n) is 7.28. The molecule has 0 radical (unpaired) electrons. The number of carbonyl (C=O) groups is 2. The molecule has 0 saturated carbocycles. The van der Waals surface area contributed by atoms with Gasteiger partial charge in [-0.25, -0.2) is 9.78 Å². The third kappa shape index (κ3) is 3.57. The number of nitrogens with one attached hydrogen (secondary N) is 3. The maximum absolute atomic E-state index is 10.9. The Labute approximate surface area is 79.5 Å². The number of H-pyrrole nitrogens is 1. The molecular weight excluding hydrogens is 188 g/mol. The number of carboxylic acids is 1. The maximum atomic E-state index is 10.9. The van der Waals surface area contributed by atoms with E-state index >= 15 is 0 Å². The Kier molecular flexibility index (Phi) is 3.48. The first-order valence-electron chi connectivity index (χ1n) is 3.89. The van der Waals surface area contributed by atoms with Crippen molar-refractivity contribution in [2.45, 2.75) is 6.54 Å². The molecule has 0 atom stereocenters. The Morgan fingerprint density at radius 1 is 1.50 bits per heavy atom. The minimum Gasteiger partial charge on any atom is -0.480 e. The van der Waals surface area contributed by atoms with Crippen molar-refractivity contribution in [2.75, 3.05) is 6.54 Å². The zero-order valence-corrected chi connectivity index (χ0v) is 7.28. The number of rotatable bonds is 4. The fourth-order valence-electron chi connectivity index (χ4n) is 0.775. The van der Waals surface area contributed by atoms with Crippen molar-refractivity contribution in [3.63, 3.8) is 0 Å². The molecule has 76 valence electrons. The topological polar surface area (TPSA) is 107 Å². The average molecular weight is 198 g/mol. The van der Waals surface area contributed by atoms with Crippen LogP contribution in [-0.2, 0) is 11.3 Å². The summed E-state index contributed by atoms with van der Waals surface area (Å²) in [6.45, 7) is -0.111.